The quantitative estimate of drug-likeness (QED) is 0.303. The van der Waals surface area contributed by atoms with Crippen molar-refractivity contribution in [1.29, 1.82) is 0 Å². The van der Waals surface area contributed by atoms with Crippen molar-refractivity contribution in [1.82, 2.24) is 15.1 Å². The third kappa shape index (κ3) is 4.21. The number of methoxy groups -OCH3 is 1. The first kappa shape index (κ1) is 24.2. The van der Waals surface area contributed by atoms with Crippen LogP contribution in [0.3, 0.4) is 0 Å². The van der Waals surface area contributed by atoms with E-state index in [0.717, 1.165) is 33.6 Å². The number of H-pyrrole nitrogens is 1. The molecule has 5 rings (SSSR count). The molecule has 3 aromatic carbocycles. The van der Waals surface area contributed by atoms with Crippen LogP contribution in [0.25, 0.3) is 11.3 Å². The minimum absolute atomic E-state index is 0.124. The van der Waals surface area contributed by atoms with E-state index in [1.807, 2.05) is 55.1 Å². The third-order valence-corrected chi connectivity index (χ3v) is 7.36. The Morgan fingerprint density at radius 3 is 2.47 bits per heavy atom. The molecule has 8 heteroatoms. The largest absolute Gasteiger partial charge is 0.507 e. The summed E-state index contributed by atoms with van der Waals surface area (Å²) < 4.78 is 5.25. The topological polar surface area (TPSA) is 78.5 Å². The Hall–Kier alpha value is -3.48. The van der Waals surface area contributed by atoms with Crippen LogP contribution in [0.1, 0.15) is 44.3 Å². The zero-order valence-electron chi connectivity index (χ0n) is 20.1. The van der Waals surface area contributed by atoms with Crippen molar-refractivity contribution in [3.63, 3.8) is 0 Å². The number of benzene rings is 3. The van der Waals surface area contributed by atoms with E-state index >= 15 is 0 Å². The van der Waals surface area contributed by atoms with Gasteiger partial charge in [0, 0.05) is 17.7 Å². The van der Waals surface area contributed by atoms with E-state index in [4.69, 9.17) is 27.9 Å². The number of nitrogens with zero attached hydrogens (tertiary/aromatic N) is 2. The van der Waals surface area contributed by atoms with E-state index < -0.39 is 6.04 Å². The molecule has 1 aliphatic rings. The van der Waals surface area contributed by atoms with Gasteiger partial charge in [-0.05, 0) is 72.9 Å². The number of phenols is 1. The fraction of sp³-hybridized carbons (Fsp3) is 0.214. The van der Waals surface area contributed by atoms with E-state index in [1.165, 1.54) is 0 Å². The molecule has 0 radical (unpaired) electrons. The number of amides is 1. The second-order valence-corrected chi connectivity index (χ2v) is 9.82. The predicted octanol–water partition coefficient (Wildman–Crippen LogP) is 6.50. The number of aryl methyl sites for hydroxylation is 2. The molecule has 1 atom stereocenters. The number of aromatic nitrogens is 2. The fourth-order valence-corrected chi connectivity index (χ4v) is 5.25. The first-order chi connectivity index (χ1) is 17.3. The van der Waals surface area contributed by atoms with Gasteiger partial charge in [0.2, 0.25) is 0 Å². The normalized spacial score (nSPS) is 14.9. The highest BCUT2D eigenvalue weighted by atomic mass is 35.5. The summed E-state index contributed by atoms with van der Waals surface area (Å²) in [5.41, 5.74) is 6.00. The summed E-state index contributed by atoms with van der Waals surface area (Å²) in [5, 5.41) is 19.1. The molecule has 0 saturated heterocycles. The van der Waals surface area contributed by atoms with Crippen molar-refractivity contribution in [2.75, 3.05) is 13.7 Å². The second kappa shape index (κ2) is 9.52. The van der Waals surface area contributed by atoms with Crippen LogP contribution in [-0.4, -0.2) is 39.8 Å². The van der Waals surface area contributed by atoms with Crippen LogP contribution >= 0.6 is 23.2 Å². The molecule has 2 heterocycles. The maximum atomic E-state index is 13.6. The van der Waals surface area contributed by atoms with Crippen LogP contribution in [0.15, 0.2) is 54.6 Å². The number of aromatic amines is 1. The summed E-state index contributed by atoms with van der Waals surface area (Å²) in [7, 11) is 1.63. The van der Waals surface area contributed by atoms with Crippen LogP contribution in [0.2, 0.25) is 10.0 Å². The number of aromatic hydroxyl groups is 1. The summed E-state index contributed by atoms with van der Waals surface area (Å²) in [5.74, 6) is 0.750. The average molecular weight is 522 g/mol. The van der Waals surface area contributed by atoms with Gasteiger partial charge in [0.25, 0.3) is 5.91 Å². The Bertz CT molecular complexity index is 1440. The zero-order valence-corrected chi connectivity index (χ0v) is 21.6. The molecular formula is C28H25Cl2N3O3. The lowest BCUT2D eigenvalue weighted by Crippen LogP contribution is -2.31. The van der Waals surface area contributed by atoms with Crippen molar-refractivity contribution in [2.24, 2.45) is 0 Å². The summed E-state index contributed by atoms with van der Waals surface area (Å²) in [6, 6.07) is 16.4. The minimum Gasteiger partial charge on any atom is -0.507 e. The van der Waals surface area contributed by atoms with Crippen LogP contribution < -0.4 is 4.74 Å². The highest BCUT2D eigenvalue weighted by Crippen LogP contribution is 2.46. The number of ether oxygens (including phenoxy) is 1. The van der Waals surface area contributed by atoms with Gasteiger partial charge in [-0.3, -0.25) is 9.89 Å². The lowest BCUT2D eigenvalue weighted by atomic mass is 9.93. The molecule has 0 aliphatic carbocycles. The lowest BCUT2D eigenvalue weighted by molar-refractivity contribution is 0.0746. The van der Waals surface area contributed by atoms with Gasteiger partial charge in [-0.2, -0.15) is 5.10 Å². The molecule has 36 heavy (non-hydrogen) atoms. The van der Waals surface area contributed by atoms with Crippen LogP contribution in [0.5, 0.6) is 11.5 Å². The number of rotatable bonds is 6. The van der Waals surface area contributed by atoms with Gasteiger partial charge in [0.05, 0.1) is 23.2 Å². The summed E-state index contributed by atoms with van der Waals surface area (Å²) >= 11 is 12.6. The SMILES string of the molecule is COc1ccc(CCN2C(=O)c3[nH]nc(-c4c(C)cc(C)cc4O)c3C2c2ccc(Cl)c(Cl)c2)cc1. The standard InChI is InChI=1S/C28H25Cl2N3O3/c1-15-12-16(2)23(22(34)13-15)25-24-26(32-31-25)28(35)33(11-10-17-4-7-19(36-3)8-5-17)27(24)18-6-9-20(29)21(30)14-18/h4-9,12-14,27,34H,10-11H2,1-3H3,(H,31,32). The third-order valence-electron chi connectivity index (χ3n) is 6.62. The van der Waals surface area contributed by atoms with Gasteiger partial charge < -0.3 is 14.7 Å². The second-order valence-electron chi connectivity index (χ2n) is 9.01. The highest BCUT2D eigenvalue weighted by Gasteiger charge is 2.42. The van der Waals surface area contributed by atoms with Gasteiger partial charge in [-0.15, -0.1) is 0 Å². The molecule has 4 aromatic rings. The Labute approximate surface area is 219 Å². The number of hydrogen-bond acceptors (Lipinski definition) is 4. The Kier molecular flexibility index (Phi) is 6.41. The maximum absolute atomic E-state index is 13.6. The first-order valence-corrected chi connectivity index (χ1v) is 12.3. The molecule has 0 saturated carbocycles. The van der Waals surface area contributed by atoms with E-state index in [1.54, 1.807) is 25.3 Å². The number of halogens is 2. The highest BCUT2D eigenvalue weighted by molar-refractivity contribution is 6.42. The molecule has 0 bridgehead atoms. The monoisotopic (exact) mass is 521 g/mol. The molecule has 0 spiro atoms. The van der Waals surface area contributed by atoms with E-state index in [-0.39, 0.29) is 11.7 Å². The van der Waals surface area contributed by atoms with E-state index in [0.29, 0.717) is 40.0 Å². The van der Waals surface area contributed by atoms with Gasteiger partial charge in [-0.1, -0.05) is 47.5 Å². The van der Waals surface area contributed by atoms with Crippen LogP contribution in [-0.2, 0) is 6.42 Å². The summed E-state index contributed by atoms with van der Waals surface area (Å²) in [6.07, 6.45) is 0.648. The fourth-order valence-electron chi connectivity index (χ4n) is 4.94. The predicted molar refractivity (Wildman–Crippen MR) is 141 cm³/mol. The van der Waals surface area contributed by atoms with Crippen molar-refractivity contribution in [3.8, 4) is 22.8 Å². The number of hydrogen-bond donors (Lipinski definition) is 2. The van der Waals surface area contributed by atoms with Gasteiger partial charge >= 0.3 is 0 Å². The number of phenolic OH excluding ortho intramolecular Hbond substituents is 1. The van der Waals surface area contributed by atoms with Gasteiger partial charge in [0.15, 0.2) is 0 Å². The zero-order chi connectivity index (χ0) is 25.6. The molecular weight excluding hydrogens is 497 g/mol. The van der Waals surface area contributed by atoms with Gasteiger partial charge in [-0.25, -0.2) is 0 Å². The van der Waals surface area contributed by atoms with Gasteiger partial charge in [0.1, 0.15) is 22.9 Å². The molecule has 1 unspecified atom stereocenters. The molecule has 2 N–H and O–H groups in total. The van der Waals surface area contributed by atoms with Crippen molar-refractivity contribution < 1.29 is 14.6 Å². The molecule has 1 aliphatic heterocycles. The Morgan fingerprint density at radius 1 is 1.06 bits per heavy atom. The molecule has 0 fully saturated rings. The molecule has 1 aromatic heterocycles. The maximum Gasteiger partial charge on any atom is 0.273 e. The lowest BCUT2D eigenvalue weighted by Gasteiger charge is -2.27. The summed E-state index contributed by atoms with van der Waals surface area (Å²) in [6.45, 7) is 4.32. The van der Waals surface area contributed by atoms with Crippen molar-refractivity contribution >= 4 is 29.1 Å². The number of fused-ring (bicyclic) bond motifs is 1. The number of carbonyl (C=O) groups excluding carboxylic acids is 1. The summed E-state index contributed by atoms with van der Waals surface area (Å²) in [4.78, 5) is 15.5. The number of carbonyl (C=O) groups is 1. The number of nitrogens with one attached hydrogen (secondary N) is 1. The molecule has 1 amide bonds. The molecule has 6 nitrogen and oxygen atoms in total. The van der Waals surface area contributed by atoms with E-state index in [9.17, 15) is 9.90 Å². The minimum atomic E-state index is -0.450. The van der Waals surface area contributed by atoms with E-state index in [2.05, 4.69) is 10.2 Å². The Morgan fingerprint density at radius 2 is 1.81 bits per heavy atom. The Balaban J connectivity index is 1.60. The van der Waals surface area contributed by atoms with Crippen molar-refractivity contribution in [2.45, 2.75) is 26.3 Å². The smallest absolute Gasteiger partial charge is 0.273 e. The first-order valence-electron chi connectivity index (χ1n) is 11.6. The van der Waals surface area contributed by atoms with Crippen LogP contribution in [0, 0.1) is 13.8 Å². The average Bonchev–Trinajstić information content (AvgIpc) is 3.38. The van der Waals surface area contributed by atoms with Crippen molar-refractivity contribution in [3.05, 3.63) is 98.2 Å². The van der Waals surface area contributed by atoms with Crippen LogP contribution in [0.4, 0.5) is 0 Å². The molecule has 184 valence electrons.